The molecule has 16 nitrogen and oxygen atoms in total. The number of amides is 4. The van der Waals surface area contributed by atoms with Crippen LogP contribution in [0.2, 0.25) is 0 Å². The van der Waals surface area contributed by atoms with Crippen LogP contribution in [-0.4, -0.2) is 138 Å². The summed E-state index contributed by atoms with van der Waals surface area (Å²) in [6, 6.07) is 29.8. The summed E-state index contributed by atoms with van der Waals surface area (Å²) in [5.74, 6) is -0.525. The van der Waals surface area contributed by atoms with Crippen LogP contribution in [0.25, 0.3) is 45.0 Å². The molecule has 94 heavy (non-hydrogen) atoms. The van der Waals surface area contributed by atoms with Crippen molar-refractivity contribution in [2.45, 2.75) is 115 Å². The van der Waals surface area contributed by atoms with Gasteiger partial charge in [-0.25, -0.2) is 0 Å². The summed E-state index contributed by atoms with van der Waals surface area (Å²) in [4.78, 5) is 55.4. The van der Waals surface area contributed by atoms with Gasteiger partial charge in [0, 0.05) is 105 Å². The second kappa shape index (κ2) is 29.8. The molecule has 28 heteroatoms. The first-order valence-electron chi connectivity index (χ1n) is 30.3. The van der Waals surface area contributed by atoms with Crippen LogP contribution in [0.4, 0.5) is 52.7 Å². The third kappa shape index (κ3) is 17.9. The van der Waals surface area contributed by atoms with Gasteiger partial charge in [0.15, 0.2) is 5.69 Å². The number of hydrogen-bond acceptors (Lipinski definition) is 8. The van der Waals surface area contributed by atoms with E-state index in [4.69, 9.17) is 0 Å². The quantitative estimate of drug-likeness (QED) is 0.127. The van der Waals surface area contributed by atoms with Gasteiger partial charge in [0.2, 0.25) is 0 Å². The molecular formula is C66H70F12N12O4. The van der Waals surface area contributed by atoms with Gasteiger partial charge in [-0.2, -0.15) is 73.1 Å². The third-order valence-electron chi connectivity index (χ3n) is 15.7. The van der Waals surface area contributed by atoms with E-state index in [9.17, 15) is 71.9 Å². The van der Waals surface area contributed by atoms with Gasteiger partial charge < -0.3 is 19.6 Å². The molecule has 6 heterocycles. The molecule has 2 aliphatic heterocycles. The summed E-state index contributed by atoms with van der Waals surface area (Å²) in [5, 5.41) is 19.3. The summed E-state index contributed by atoms with van der Waals surface area (Å²) < 4.78 is 157. The largest absolute Gasteiger partial charge is 0.435 e. The number of benzene rings is 4. The number of alkyl halides is 12. The van der Waals surface area contributed by atoms with Crippen LogP contribution >= 0.6 is 0 Å². The standard InChI is InChI=1S/C18H20F3N3O.2C16H16F3N3O.C16H18F3N3O/c1-23(2)17(25)13-7-5-6-12(10-13)15-11-16(18(19,20)21)22-24(15)14-8-3-4-9-14;17-16(18,19)14-10-13(20-21-14)11-4-6-12(7-5-11)15(23)22-8-2-1-3-9-22;17-16(18,19)14-10-13(20-21-14)11-5-4-6-12(9-11)15(23)22-7-2-1-3-8-22;1-10(2)22-14(16(17,18)19)9-13(20-22)11-6-5-7-12(8-11)15(23)21(3)4/h5-7,10-11,14H,3-4,8-9H2,1-2H3;4-7,10H,1-3,8-9H2,(H,20,21);4-6,9-10H,1-3,7-8H2,(H,20,21);5-10H,1-4H3. The highest BCUT2D eigenvalue weighted by molar-refractivity contribution is 5.97. The van der Waals surface area contributed by atoms with Crippen LogP contribution in [0.15, 0.2) is 121 Å². The van der Waals surface area contributed by atoms with Crippen LogP contribution in [0.3, 0.4) is 0 Å². The van der Waals surface area contributed by atoms with E-state index in [1.165, 1.54) is 14.5 Å². The summed E-state index contributed by atoms with van der Waals surface area (Å²) in [6.45, 7) is 6.24. The Labute approximate surface area is 533 Å². The van der Waals surface area contributed by atoms with Gasteiger partial charge >= 0.3 is 24.7 Å². The van der Waals surface area contributed by atoms with E-state index in [0.717, 1.165) is 119 Å². The maximum atomic E-state index is 13.2. The molecule has 11 rings (SSSR count). The van der Waals surface area contributed by atoms with Gasteiger partial charge in [0.05, 0.1) is 28.8 Å². The molecule has 4 aromatic carbocycles. The van der Waals surface area contributed by atoms with Gasteiger partial charge in [-0.05, 0) is 138 Å². The average molecular weight is 1320 g/mol. The highest BCUT2D eigenvalue weighted by Crippen LogP contribution is 2.39. The first-order chi connectivity index (χ1) is 44.3. The van der Waals surface area contributed by atoms with Crippen LogP contribution in [-0.2, 0) is 24.7 Å². The van der Waals surface area contributed by atoms with E-state index in [2.05, 4.69) is 20.4 Å². The smallest absolute Gasteiger partial charge is 0.345 e. The lowest BCUT2D eigenvalue weighted by atomic mass is 10.1. The molecule has 0 bridgehead atoms. The minimum absolute atomic E-state index is 0.0284. The number of likely N-dealkylation sites (tertiary alicyclic amines) is 2. The lowest BCUT2D eigenvalue weighted by Crippen LogP contribution is -2.35. The highest BCUT2D eigenvalue weighted by atomic mass is 19.4. The van der Waals surface area contributed by atoms with Crippen molar-refractivity contribution in [2.75, 3.05) is 54.4 Å². The molecular weight excluding hydrogens is 1250 g/mol. The molecule has 4 amide bonds. The first-order valence-corrected chi connectivity index (χ1v) is 30.3. The number of aromatic amines is 2. The fourth-order valence-corrected chi connectivity index (χ4v) is 10.8. The summed E-state index contributed by atoms with van der Waals surface area (Å²) >= 11 is 0. The Morgan fingerprint density at radius 3 is 1.33 bits per heavy atom. The molecule has 2 saturated heterocycles. The normalized spacial score (nSPS) is 14.7. The topological polar surface area (TPSA) is 174 Å². The van der Waals surface area contributed by atoms with E-state index < -0.39 is 53.5 Å². The SMILES string of the molecule is CC(C)n1nc(-c2cccc(C(=O)N(C)C)c2)cc1C(F)(F)F.CN(C)C(=O)c1cccc(-c2cc(C(F)(F)F)nn2C2CCCC2)c1.O=C(c1ccc(-c2cc(C(F)(F)F)[nH]n2)cc1)N1CCCCC1.O=C(c1cccc(-c2cc(C(F)(F)F)[nH]n2)c1)N1CCCCC1. The Hall–Kier alpha value is -9.24. The number of carbonyl (C=O) groups is 4. The number of carbonyl (C=O) groups excluding carboxylic acids is 4. The lowest BCUT2D eigenvalue weighted by molar-refractivity contribution is -0.145. The second-order valence-corrected chi connectivity index (χ2v) is 23.5. The first kappa shape index (κ1) is 70.6. The lowest BCUT2D eigenvalue weighted by Gasteiger charge is -2.26. The minimum Gasteiger partial charge on any atom is -0.345 e. The summed E-state index contributed by atoms with van der Waals surface area (Å²) in [6.07, 6.45) is -8.00. The van der Waals surface area contributed by atoms with E-state index in [1.54, 1.807) is 144 Å². The number of nitrogens with zero attached hydrogens (tertiary/aromatic N) is 10. The highest BCUT2D eigenvalue weighted by Gasteiger charge is 2.39. The van der Waals surface area contributed by atoms with E-state index in [0.29, 0.717) is 50.2 Å². The number of aromatic nitrogens is 8. The Morgan fingerprint density at radius 1 is 0.457 bits per heavy atom. The molecule has 502 valence electrons. The van der Waals surface area contributed by atoms with Gasteiger partial charge in [0.1, 0.15) is 17.1 Å². The van der Waals surface area contributed by atoms with Gasteiger partial charge in [-0.1, -0.05) is 61.4 Å². The fraction of sp³-hybridized carbons (Fsp3) is 0.394. The maximum Gasteiger partial charge on any atom is 0.435 e. The molecule has 0 atom stereocenters. The molecule has 3 aliphatic rings. The fourth-order valence-electron chi connectivity index (χ4n) is 10.8. The Bertz CT molecular complexity index is 3880. The number of halogens is 12. The van der Waals surface area contributed by atoms with Crippen molar-refractivity contribution in [2.24, 2.45) is 0 Å². The number of nitrogens with one attached hydrogen (secondary N) is 2. The molecule has 0 spiro atoms. The van der Waals surface area contributed by atoms with Crippen molar-refractivity contribution in [3.8, 4) is 45.0 Å². The number of rotatable bonds is 10. The molecule has 3 fully saturated rings. The van der Waals surface area contributed by atoms with Crippen LogP contribution < -0.4 is 0 Å². The zero-order valence-corrected chi connectivity index (χ0v) is 52.2. The second-order valence-electron chi connectivity index (χ2n) is 23.5. The zero-order chi connectivity index (χ0) is 68.5. The van der Waals surface area contributed by atoms with Gasteiger partial charge in [-0.15, -0.1) is 0 Å². The van der Waals surface area contributed by atoms with Gasteiger partial charge in [0.25, 0.3) is 23.6 Å². The van der Waals surface area contributed by atoms with E-state index in [-0.39, 0.29) is 46.8 Å². The number of hydrogen-bond donors (Lipinski definition) is 2. The summed E-state index contributed by atoms with van der Waals surface area (Å²) in [7, 11) is 6.51. The molecule has 4 aromatic heterocycles. The Morgan fingerprint density at radius 2 is 0.894 bits per heavy atom. The third-order valence-corrected chi connectivity index (χ3v) is 15.7. The predicted octanol–water partition coefficient (Wildman–Crippen LogP) is 15.7. The van der Waals surface area contributed by atoms with Crippen molar-refractivity contribution in [3.63, 3.8) is 0 Å². The van der Waals surface area contributed by atoms with Gasteiger partial charge in [-0.3, -0.25) is 38.7 Å². The maximum absolute atomic E-state index is 13.2. The molecule has 8 aromatic rings. The molecule has 0 unspecified atom stereocenters. The zero-order valence-electron chi connectivity index (χ0n) is 52.2. The monoisotopic (exact) mass is 1320 g/mol. The van der Waals surface area contributed by atoms with Crippen LogP contribution in [0, 0.1) is 0 Å². The average Bonchev–Trinajstić information content (AvgIpc) is 1.64. The van der Waals surface area contributed by atoms with Crippen LogP contribution in [0.1, 0.15) is 154 Å². The van der Waals surface area contributed by atoms with Crippen molar-refractivity contribution >= 4 is 23.6 Å². The minimum atomic E-state index is -4.49. The van der Waals surface area contributed by atoms with Crippen LogP contribution in [0.5, 0.6) is 0 Å². The Balaban J connectivity index is 0.000000161. The van der Waals surface area contributed by atoms with E-state index in [1.807, 2.05) is 15.1 Å². The molecule has 0 radical (unpaired) electrons. The van der Waals surface area contributed by atoms with E-state index >= 15 is 0 Å². The summed E-state index contributed by atoms with van der Waals surface area (Å²) in [5.41, 5.74) is 1.43. The Kier molecular flexibility index (Phi) is 22.4. The molecule has 1 saturated carbocycles. The van der Waals surface area contributed by atoms with Crippen molar-refractivity contribution in [1.82, 2.24) is 59.6 Å². The molecule has 1 aliphatic carbocycles. The van der Waals surface area contributed by atoms with Crippen molar-refractivity contribution < 1.29 is 71.9 Å². The van der Waals surface area contributed by atoms with Crippen molar-refractivity contribution in [3.05, 3.63) is 166 Å². The van der Waals surface area contributed by atoms with Crippen molar-refractivity contribution in [1.29, 1.82) is 0 Å². The number of piperidine rings is 2. The number of H-pyrrole nitrogens is 2. The molecule has 2 N–H and O–H groups in total. The predicted molar refractivity (Wildman–Crippen MR) is 327 cm³/mol.